The van der Waals surface area contributed by atoms with E-state index in [-0.39, 0.29) is 5.69 Å². The largest absolute Gasteiger partial charge is 0.495 e. The number of nitrogens with zero attached hydrogens (tertiary/aromatic N) is 1. The second kappa shape index (κ2) is 3.96. The quantitative estimate of drug-likeness (QED) is 0.829. The summed E-state index contributed by atoms with van der Waals surface area (Å²) < 4.78 is 29.4. The number of methoxy groups -OCH3 is 1. The van der Waals surface area contributed by atoms with Gasteiger partial charge in [-0.2, -0.15) is 0 Å². The maximum Gasteiger partial charge on any atom is 0.263 e. The molecule has 7 heteroatoms. The molecule has 1 amide bonds. The summed E-state index contributed by atoms with van der Waals surface area (Å²) in [4.78, 5) is 12.0. The molecule has 0 radical (unpaired) electrons. The van der Waals surface area contributed by atoms with Gasteiger partial charge in [-0.05, 0) is 32.0 Å². The molecule has 98 valence electrons. The fourth-order valence-corrected chi connectivity index (χ4v) is 3.55. The van der Waals surface area contributed by atoms with Gasteiger partial charge in [0.1, 0.15) is 11.4 Å². The highest BCUT2D eigenvalue weighted by Gasteiger charge is 2.61. The summed E-state index contributed by atoms with van der Waals surface area (Å²) in [6, 6.07) is 4.86. The summed E-state index contributed by atoms with van der Waals surface area (Å²) in [5, 5.41) is 0. The van der Waals surface area contributed by atoms with Gasteiger partial charge in [-0.1, -0.05) is 15.9 Å². The van der Waals surface area contributed by atoms with Crippen molar-refractivity contribution in [3.63, 3.8) is 0 Å². The number of hydrogen-bond donors (Lipinski definition) is 0. The Balaban J connectivity index is 2.59. The predicted octanol–water partition coefficient (Wildman–Crippen LogP) is 1.91. The maximum atomic E-state index is 12.1. The smallest absolute Gasteiger partial charge is 0.263 e. The van der Waals surface area contributed by atoms with Crippen LogP contribution in [-0.2, 0) is 14.8 Å². The minimum Gasteiger partial charge on any atom is -0.495 e. The minimum absolute atomic E-state index is 0.233. The molecule has 5 nitrogen and oxygen atoms in total. The van der Waals surface area contributed by atoms with Crippen LogP contribution in [0.25, 0.3) is 0 Å². The summed E-state index contributed by atoms with van der Waals surface area (Å²) in [7, 11) is -2.24. The van der Waals surface area contributed by atoms with E-state index in [2.05, 4.69) is 15.9 Å². The van der Waals surface area contributed by atoms with Crippen LogP contribution in [0.5, 0.6) is 5.75 Å². The van der Waals surface area contributed by atoms with E-state index >= 15 is 0 Å². The topological polar surface area (TPSA) is 63.7 Å². The monoisotopic (exact) mass is 333 g/mol. The van der Waals surface area contributed by atoms with Gasteiger partial charge in [0.25, 0.3) is 15.9 Å². The molecule has 0 spiro atoms. The Labute approximate surface area is 114 Å². The van der Waals surface area contributed by atoms with Gasteiger partial charge >= 0.3 is 0 Å². The third-order valence-corrected chi connectivity index (χ3v) is 5.75. The Kier molecular flexibility index (Phi) is 2.94. The first-order chi connectivity index (χ1) is 8.23. The van der Waals surface area contributed by atoms with Gasteiger partial charge in [-0.25, -0.2) is 12.7 Å². The summed E-state index contributed by atoms with van der Waals surface area (Å²) in [6.45, 7) is 2.79. The maximum absolute atomic E-state index is 12.1. The molecule has 0 unspecified atom stereocenters. The van der Waals surface area contributed by atoms with Crippen molar-refractivity contribution < 1.29 is 17.9 Å². The van der Waals surface area contributed by atoms with Gasteiger partial charge in [0.2, 0.25) is 0 Å². The van der Waals surface area contributed by atoms with E-state index in [0.717, 1.165) is 4.31 Å². The van der Waals surface area contributed by atoms with Crippen LogP contribution in [0, 0.1) is 0 Å². The minimum atomic E-state index is -3.67. The molecule has 0 aromatic heterocycles. The molecule has 1 aromatic rings. The van der Waals surface area contributed by atoms with Crippen LogP contribution in [0.2, 0.25) is 0 Å². The van der Waals surface area contributed by atoms with Crippen LogP contribution in [0.15, 0.2) is 22.7 Å². The number of halogens is 1. The first kappa shape index (κ1) is 13.4. The van der Waals surface area contributed by atoms with Gasteiger partial charge in [0.05, 0.1) is 7.11 Å². The summed E-state index contributed by atoms with van der Waals surface area (Å²) >= 11 is 3.24. The molecule has 0 saturated carbocycles. The molecule has 1 aromatic carbocycles. The normalized spacial score (nSPS) is 20.4. The van der Waals surface area contributed by atoms with E-state index in [1.54, 1.807) is 18.2 Å². The van der Waals surface area contributed by atoms with Crippen molar-refractivity contribution in [3.05, 3.63) is 22.7 Å². The van der Waals surface area contributed by atoms with Crippen LogP contribution >= 0.6 is 15.9 Å². The number of hydrogen-bond acceptors (Lipinski definition) is 4. The molecular formula is C11H12BrNO4S. The molecule has 1 fully saturated rings. The van der Waals surface area contributed by atoms with Crippen molar-refractivity contribution in [1.82, 2.24) is 0 Å². The van der Waals surface area contributed by atoms with Crippen LogP contribution in [0.1, 0.15) is 13.8 Å². The number of carbonyl (C=O) groups excluding carboxylic acids is 1. The van der Waals surface area contributed by atoms with Gasteiger partial charge in [-0.15, -0.1) is 0 Å². The van der Waals surface area contributed by atoms with Crippen molar-refractivity contribution in [1.29, 1.82) is 0 Å². The van der Waals surface area contributed by atoms with E-state index in [9.17, 15) is 13.2 Å². The third-order valence-electron chi connectivity index (χ3n) is 2.94. The van der Waals surface area contributed by atoms with Gasteiger partial charge in [0, 0.05) is 4.47 Å². The van der Waals surface area contributed by atoms with Crippen LogP contribution < -0.4 is 9.04 Å². The summed E-state index contributed by atoms with van der Waals surface area (Å²) in [5.74, 6) is -0.121. The molecule has 1 heterocycles. The van der Waals surface area contributed by atoms with Crippen molar-refractivity contribution >= 4 is 37.5 Å². The van der Waals surface area contributed by atoms with E-state index in [1.807, 2.05) is 0 Å². The predicted molar refractivity (Wildman–Crippen MR) is 71.2 cm³/mol. The molecule has 1 saturated heterocycles. The lowest BCUT2D eigenvalue weighted by molar-refractivity contribution is -0.120. The van der Waals surface area contributed by atoms with Gasteiger partial charge < -0.3 is 4.74 Å². The number of benzene rings is 1. The number of ether oxygens (including phenoxy) is 1. The number of anilines is 1. The SMILES string of the molecule is COc1ccc(Br)cc1N1C(=O)C(C)(C)S1(=O)=O. The Bertz CT molecular complexity index is 624. The van der Waals surface area contributed by atoms with Crippen molar-refractivity contribution in [3.8, 4) is 5.75 Å². The molecular weight excluding hydrogens is 322 g/mol. The molecule has 0 N–H and O–H groups in total. The van der Waals surface area contributed by atoms with Gasteiger partial charge in [-0.3, -0.25) is 4.79 Å². The summed E-state index contributed by atoms with van der Waals surface area (Å²) in [6.07, 6.45) is 0. The number of amides is 1. The average Bonchev–Trinajstić information content (AvgIpc) is 2.29. The van der Waals surface area contributed by atoms with Crippen LogP contribution in [0.3, 0.4) is 0 Å². The molecule has 0 bridgehead atoms. The Morgan fingerprint density at radius 3 is 2.44 bits per heavy atom. The third kappa shape index (κ3) is 1.57. The zero-order valence-electron chi connectivity index (χ0n) is 10.1. The average molecular weight is 334 g/mol. The first-order valence-corrected chi connectivity index (χ1v) is 7.39. The van der Waals surface area contributed by atoms with Crippen LogP contribution in [-0.4, -0.2) is 26.2 Å². The standard InChI is InChI=1S/C11H12BrNO4S/c1-11(2)10(14)13(18(11,15)16)8-6-7(12)4-5-9(8)17-3/h4-6H,1-3H3. The molecule has 0 aliphatic carbocycles. The van der Waals surface area contributed by atoms with E-state index < -0.39 is 20.7 Å². The van der Waals surface area contributed by atoms with E-state index in [1.165, 1.54) is 21.0 Å². The Morgan fingerprint density at radius 1 is 1.33 bits per heavy atom. The zero-order chi connectivity index (χ0) is 13.7. The van der Waals surface area contributed by atoms with E-state index in [4.69, 9.17) is 4.74 Å². The number of carbonyl (C=O) groups is 1. The van der Waals surface area contributed by atoms with E-state index in [0.29, 0.717) is 10.2 Å². The lowest BCUT2D eigenvalue weighted by atomic mass is 10.1. The fourth-order valence-electron chi connectivity index (χ4n) is 1.71. The Morgan fingerprint density at radius 2 is 1.94 bits per heavy atom. The van der Waals surface area contributed by atoms with Crippen molar-refractivity contribution in [2.45, 2.75) is 18.6 Å². The van der Waals surface area contributed by atoms with Crippen molar-refractivity contribution in [2.24, 2.45) is 0 Å². The van der Waals surface area contributed by atoms with Crippen LogP contribution in [0.4, 0.5) is 5.69 Å². The second-order valence-electron chi connectivity index (χ2n) is 4.40. The highest BCUT2D eigenvalue weighted by atomic mass is 79.9. The Hall–Kier alpha value is -1.08. The summed E-state index contributed by atoms with van der Waals surface area (Å²) in [5.41, 5.74) is 0.233. The highest BCUT2D eigenvalue weighted by Crippen LogP contribution is 2.43. The van der Waals surface area contributed by atoms with Gasteiger partial charge in [0.15, 0.2) is 4.75 Å². The first-order valence-electron chi connectivity index (χ1n) is 5.16. The number of rotatable bonds is 2. The second-order valence-corrected chi connectivity index (χ2v) is 7.65. The molecule has 1 aliphatic rings. The van der Waals surface area contributed by atoms with Crippen molar-refractivity contribution in [2.75, 3.05) is 11.4 Å². The molecule has 2 rings (SSSR count). The molecule has 0 atom stereocenters. The molecule has 18 heavy (non-hydrogen) atoms. The number of sulfonamides is 1. The highest BCUT2D eigenvalue weighted by molar-refractivity contribution is 9.10. The fraction of sp³-hybridized carbons (Fsp3) is 0.364. The lowest BCUT2D eigenvalue weighted by Gasteiger charge is -2.43. The molecule has 1 aliphatic heterocycles. The lowest BCUT2D eigenvalue weighted by Crippen LogP contribution is -2.67. The zero-order valence-corrected chi connectivity index (χ0v) is 12.5.